The molecule has 0 spiro atoms. The topological polar surface area (TPSA) is 56.7 Å². The first-order chi connectivity index (χ1) is 14.5. The van der Waals surface area contributed by atoms with Gasteiger partial charge in [-0.25, -0.2) is 9.38 Å². The van der Waals surface area contributed by atoms with Crippen molar-refractivity contribution in [1.82, 2.24) is 15.5 Å². The van der Waals surface area contributed by atoms with Crippen LogP contribution in [-0.2, 0) is 17.8 Å². The second-order valence-corrected chi connectivity index (χ2v) is 7.81. The molecule has 0 bridgehead atoms. The number of aryl methyl sites for hydroxylation is 1. The molecule has 1 aliphatic heterocycles. The van der Waals surface area contributed by atoms with Gasteiger partial charge >= 0.3 is 0 Å². The summed E-state index contributed by atoms with van der Waals surface area (Å²) in [5.41, 5.74) is 2.85. The summed E-state index contributed by atoms with van der Waals surface area (Å²) in [7, 11) is 0. The number of hydrogen-bond acceptors (Lipinski definition) is 2. The number of hydrogen-bond donors (Lipinski definition) is 2. The van der Waals surface area contributed by atoms with E-state index in [1.807, 2.05) is 36.1 Å². The fraction of sp³-hybridized carbons (Fsp3) is 0.417. The quantitative estimate of drug-likeness (QED) is 0.305. The Morgan fingerprint density at radius 2 is 1.94 bits per heavy atom. The van der Waals surface area contributed by atoms with Gasteiger partial charge in [0.1, 0.15) is 5.82 Å². The minimum Gasteiger partial charge on any atom is -0.357 e. The van der Waals surface area contributed by atoms with Gasteiger partial charge < -0.3 is 15.5 Å². The van der Waals surface area contributed by atoms with Crippen LogP contribution in [0.25, 0.3) is 0 Å². The third kappa shape index (κ3) is 7.79. The normalized spacial score (nSPS) is 16.2. The van der Waals surface area contributed by atoms with E-state index in [0.29, 0.717) is 25.1 Å². The molecule has 2 aromatic carbocycles. The maximum Gasteiger partial charge on any atom is 0.223 e. The highest BCUT2D eigenvalue weighted by atomic mass is 127. The van der Waals surface area contributed by atoms with E-state index in [1.54, 1.807) is 13.0 Å². The van der Waals surface area contributed by atoms with E-state index in [0.717, 1.165) is 37.6 Å². The number of halogens is 2. The number of likely N-dealkylation sites (tertiary alicyclic amines) is 1. The molecule has 0 radical (unpaired) electrons. The monoisotopic (exact) mass is 538 g/mol. The second kappa shape index (κ2) is 12.6. The molecule has 0 aromatic heterocycles. The van der Waals surface area contributed by atoms with Gasteiger partial charge in [0.15, 0.2) is 5.96 Å². The third-order valence-electron chi connectivity index (χ3n) is 5.35. The summed E-state index contributed by atoms with van der Waals surface area (Å²) in [5.74, 6) is 1.01. The standard InChI is InChI=1S/C24H31FN4O.HI/c1-3-26-24(27-15-20-9-10-22(25)18(2)13-20)28-16-21-14-23(30)29(17-21)12-11-19-7-5-4-6-8-19;/h4-10,13,21H,3,11-12,14-17H2,1-2H3,(H2,26,27,28);1H. The van der Waals surface area contributed by atoms with Crippen molar-refractivity contribution in [3.8, 4) is 0 Å². The van der Waals surface area contributed by atoms with Crippen molar-refractivity contribution in [2.45, 2.75) is 33.2 Å². The summed E-state index contributed by atoms with van der Waals surface area (Å²) in [6.07, 6.45) is 1.45. The van der Waals surface area contributed by atoms with Gasteiger partial charge in [0.05, 0.1) is 6.54 Å². The Labute approximate surface area is 201 Å². The summed E-state index contributed by atoms with van der Waals surface area (Å²) in [5, 5.41) is 6.60. The van der Waals surface area contributed by atoms with E-state index in [2.05, 4.69) is 27.8 Å². The van der Waals surface area contributed by atoms with Crippen molar-refractivity contribution in [3.63, 3.8) is 0 Å². The molecule has 1 saturated heterocycles. The summed E-state index contributed by atoms with van der Waals surface area (Å²) >= 11 is 0. The summed E-state index contributed by atoms with van der Waals surface area (Å²) in [6.45, 7) is 7.23. The fourth-order valence-electron chi connectivity index (χ4n) is 3.67. The first kappa shape index (κ1) is 25.1. The number of rotatable bonds is 8. The Hall–Kier alpha value is -2.16. The molecule has 0 saturated carbocycles. The molecule has 168 valence electrons. The van der Waals surface area contributed by atoms with E-state index >= 15 is 0 Å². The van der Waals surface area contributed by atoms with Crippen molar-refractivity contribution < 1.29 is 9.18 Å². The smallest absolute Gasteiger partial charge is 0.223 e. The molecule has 7 heteroatoms. The van der Waals surface area contributed by atoms with Gasteiger partial charge in [-0.15, -0.1) is 24.0 Å². The molecule has 1 atom stereocenters. The van der Waals surface area contributed by atoms with Crippen molar-refractivity contribution in [1.29, 1.82) is 0 Å². The van der Waals surface area contributed by atoms with Crippen LogP contribution < -0.4 is 10.6 Å². The molecule has 31 heavy (non-hydrogen) atoms. The van der Waals surface area contributed by atoms with Crippen molar-refractivity contribution in [2.75, 3.05) is 26.2 Å². The molecule has 0 aliphatic carbocycles. The van der Waals surface area contributed by atoms with Gasteiger partial charge in [0, 0.05) is 38.5 Å². The van der Waals surface area contributed by atoms with Gasteiger partial charge in [-0.3, -0.25) is 4.79 Å². The molecule has 1 unspecified atom stereocenters. The molecule has 1 fully saturated rings. The van der Waals surface area contributed by atoms with Crippen LogP contribution in [0.5, 0.6) is 0 Å². The lowest BCUT2D eigenvalue weighted by atomic mass is 10.1. The lowest BCUT2D eigenvalue weighted by Crippen LogP contribution is -2.40. The first-order valence-electron chi connectivity index (χ1n) is 10.6. The molecule has 2 N–H and O–H groups in total. The minimum atomic E-state index is -0.199. The third-order valence-corrected chi connectivity index (χ3v) is 5.35. The Balaban J connectivity index is 0.00000341. The summed E-state index contributed by atoms with van der Waals surface area (Å²) in [6, 6.07) is 15.3. The van der Waals surface area contributed by atoms with Crippen molar-refractivity contribution in [2.24, 2.45) is 10.9 Å². The maximum atomic E-state index is 13.4. The molecule has 1 amide bonds. The minimum absolute atomic E-state index is 0. The van der Waals surface area contributed by atoms with Crippen LogP contribution in [0.1, 0.15) is 30.0 Å². The highest BCUT2D eigenvalue weighted by Crippen LogP contribution is 2.17. The second-order valence-electron chi connectivity index (χ2n) is 7.81. The number of carbonyl (C=O) groups excluding carboxylic acids is 1. The van der Waals surface area contributed by atoms with Gasteiger partial charge in [-0.1, -0.05) is 42.5 Å². The highest BCUT2D eigenvalue weighted by Gasteiger charge is 2.29. The zero-order valence-corrected chi connectivity index (χ0v) is 20.6. The molecule has 3 rings (SSSR count). The van der Waals surface area contributed by atoms with Crippen LogP contribution in [0.3, 0.4) is 0 Å². The van der Waals surface area contributed by atoms with Gasteiger partial charge in [0.2, 0.25) is 5.91 Å². The Morgan fingerprint density at radius 1 is 1.16 bits per heavy atom. The average Bonchev–Trinajstić information content (AvgIpc) is 3.11. The number of benzene rings is 2. The lowest BCUT2D eigenvalue weighted by molar-refractivity contribution is -0.127. The van der Waals surface area contributed by atoms with E-state index in [1.165, 1.54) is 11.6 Å². The predicted molar refractivity (Wildman–Crippen MR) is 134 cm³/mol. The zero-order valence-electron chi connectivity index (χ0n) is 18.2. The van der Waals surface area contributed by atoms with Crippen molar-refractivity contribution >= 4 is 35.8 Å². The highest BCUT2D eigenvalue weighted by molar-refractivity contribution is 14.0. The summed E-state index contributed by atoms with van der Waals surface area (Å²) < 4.78 is 13.4. The SMILES string of the molecule is CCNC(=NCc1ccc(F)c(C)c1)NCC1CC(=O)N(CCc2ccccc2)C1.I. The van der Waals surface area contributed by atoms with Gasteiger partial charge in [-0.2, -0.15) is 0 Å². The average molecular weight is 538 g/mol. The first-order valence-corrected chi connectivity index (χ1v) is 10.6. The number of nitrogens with zero attached hydrogens (tertiary/aromatic N) is 2. The number of aliphatic imine (C=N–C) groups is 1. The lowest BCUT2D eigenvalue weighted by Gasteiger charge is -2.18. The Kier molecular flexibility index (Phi) is 10.2. The number of nitrogens with one attached hydrogen (secondary N) is 2. The van der Waals surface area contributed by atoms with Crippen LogP contribution in [0, 0.1) is 18.7 Å². The van der Waals surface area contributed by atoms with Crippen LogP contribution in [-0.4, -0.2) is 42.9 Å². The largest absolute Gasteiger partial charge is 0.357 e. The summed E-state index contributed by atoms with van der Waals surface area (Å²) in [4.78, 5) is 18.9. The van der Waals surface area contributed by atoms with Gasteiger partial charge in [0.25, 0.3) is 0 Å². The van der Waals surface area contributed by atoms with E-state index in [-0.39, 0.29) is 41.6 Å². The van der Waals surface area contributed by atoms with E-state index in [9.17, 15) is 9.18 Å². The zero-order chi connectivity index (χ0) is 21.3. The van der Waals surface area contributed by atoms with E-state index < -0.39 is 0 Å². The molecule has 5 nitrogen and oxygen atoms in total. The Bertz CT molecular complexity index is 875. The Morgan fingerprint density at radius 3 is 2.65 bits per heavy atom. The van der Waals surface area contributed by atoms with Crippen LogP contribution in [0.4, 0.5) is 4.39 Å². The number of guanidine groups is 1. The number of amides is 1. The van der Waals surface area contributed by atoms with Crippen LogP contribution in [0.15, 0.2) is 53.5 Å². The fourth-order valence-corrected chi connectivity index (χ4v) is 3.67. The van der Waals surface area contributed by atoms with Crippen LogP contribution in [0.2, 0.25) is 0 Å². The molecular formula is C24H32FIN4O. The van der Waals surface area contributed by atoms with E-state index in [4.69, 9.17) is 0 Å². The number of carbonyl (C=O) groups is 1. The van der Waals surface area contributed by atoms with Crippen molar-refractivity contribution in [3.05, 3.63) is 71.0 Å². The van der Waals surface area contributed by atoms with Crippen LogP contribution >= 0.6 is 24.0 Å². The molecular weight excluding hydrogens is 506 g/mol. The predicted octanol–water partition coefficient (Wildman–Crippen LogP) is 3.90. The molecule has 2 aromatic rings. The maximum absolute atomic E-state index is 13.4. The molecule has 1 heterocycles. The van der Waals surface area contributed by atoms with Gasteiger partial charge in [-0.05, 0) is 43.0 Å². The molecule has 1 aliphatic rings.